The lowest BCUT2D eigenvalue weighted by atomic mass is 10.00. The zero-order valence-electron chi connectivity index (χ0n) is 8.28. The summed E-state index contributed by atoms with van der Waals surface area (Å²) in [4.78, 5) is 10.8. The van der Waals surface area contributed by atoms with Gasteiger partial charge in [0, 0.05) is 6.04 Å². The van der Waals surface area contributed by atoms with Crippen LogP contribution in [0.4, 0.5) is 0 Å². The van der Waals surface area contributed by atoms with Crippen molar-refractivity contribution in [2.24, 2.45) is 5.92 Å². The van der Waals surface area contributed by atoms with Gasteiger partial charge >= 0.3 is 5.97 Å². The van der Waals surface area contributed by atoms with Gasteiger partial charge < -0.3 is 9.84 Å². The highest BCUT2D eigenvalue weighted by Crippen LogP contribution is 2.18. The summed E-state index contributed by atoms with van der Waals surface area (Å²) < 4.78 is 5.23. The van der Waals surface area contributed by atoms with Gasteiger partial charge in [0.2, 0.25) is 0 Å². The number of hydrogen-bond acceptors (Lipinski definition) is 3. The van der Waals surface area contributed by atoms with Gasteiger partial charge in [-0.3, -0.25) is 5.32 Å². The van der Waals surface area contributed by atoms with Crippen LogP contribution in [0.5, 0.6) is 0 Å². The molecule has 3 unspecified atom stereocenters. The topological polar surface area (TPSA) is 58.6 Å². The van der Waals surface area contributed by atoms with Gasteiger partial charge in [-0.25, -0.2) is 4.79 Å². The fourth-order valence-electron chi connectivity index (χ4n) is 1.67. The molecule has 4 heteroatoms. The van der Waals surface area contributed by atoms with Crippen molar-refractivity contribution in [1.29, 1.82) is 0 Å². The third-order valence-corrected chi connectivity index (χ3v) is 2.13. The number of carboxylic acid groups (broad SMARTS) is 1. The maximum atomic E-state index is 10.8. The molecule has 1 aliphatic rings. The van der Waals surface area contributed by atoms with Crippen LogP contribution in [0.15, 0.2) is 0 Å². The van der Waals surface area contributed by atoms with Crippen LogP contribution in [0.2, 0.25) is 0 Å². The summed E-state index contributed by atoms with van der Waals surface area (Å²) in [5, 5.41) is 12.0. The average Bonchev–Trinajstić information content (AvgIpc) is 2.29. The average molecular weight is 187 g/mol. The van der Waals surface area contributed by atoms with E-state index in [-0.39, 0.29) is 12.3 Å². The van der Waals surface area contributed by atoms with E-state index in [1.165, 1.54) is 0 Å². The van der Waals surface area contributed by atoms with E-state index in [9.17, 15) is 4.79 Å². The molecule has 0 radical (unpaired) electrons. The van der Waals surface area contributed by atoms with E-state index >= 15 is 0 Å². The Bertz CT molecular complexity index is 193. The first kappa shape index (κ1) is 10.5. The molecule has 0 aromatic carbocycles. The minimum Gasteiger partial charge on any atom is -0.479 e. The number of carboxylic acids is 1. The number of hydrogen-bond donors (Lipinski definition) is 2. The minimum absolute atomic E-state index is 0.0486. The predicted molar refractivity (Wildman–Crippen MR) is 48.3 cm³/mol. The van der Waals surface area contributed by atoms with Crippen LogP contribution in [-0.4, -0.2) is 29.4 Å². The largest absolute Gasteiger partial charge is 0.479 e. The molecule has 0 aromatic heterocycles. The van der Waals surface area contributed by atoms with Crippen LogP contribution in [0.25, 0.3) is 0 Å². The molecule has 0 bridgehead atoms. The zero-order chi connectivity index (χ0) is 10.0. The zero-order valence-corrected chi connectivity index (χ0v) is 8.28. The summed E-state index contributed by atoms with van der Waals surface area (Å²) in [6.45, 7) is 5.98. The Morgan fingerprint density at radius 3 is 2.69 bits per heavy atom. The lowest BCUT2D eigenvalue weighted by molar-refractivity contribution is -0.149. The van der Waals surface area contributed by atoms with E-state index < -0.39 is 12.1 Å². The number of carbonyl (C=O) groups is 1. The standard InChI is InChI=1S/C9H17NO3/c1-5(2)4-7-8(9(11)12)13-6(3)10-7/h5-8,10H,4H2,1-3H3,(H,11,12). The Kier molecular flexibility index (Phi) is 3.27. The number of ether oxygens (including phenoxy) is 1. The summed E-state index contributed by atoms with van der Waals surface area (Å²) >= 11 is 0. The lowest BCUT2D eigenvalue weighted by Gasteiger charge is -2.15. The number of nitrogens with one attached hydrogen (secondary N) is 1. The van der Waals surface area contributed by atoms with E-state index in [2.05, 4.69) is 19.2 Å². The molecule has 76 valence electrons. The molecule has 3 atom stereocenters. The lowest BCUT2D eigenvalue weighted by Crippen LogP contribution is -2.37. The van der Waals surface area contributed by atoms with Crippen molar-refractivity contribution >= 4 is 5.97 Å². The third kappa shape index (κ3) is 2.67. The highest BCUT2D eigenvalue weighted by Gasteiger charge is 2.37. The van der Waals surface area contributed by atoms with Gasteiger partial charge in [-0.1, -0.05) is 13.8 Å². The molecule has 0 spiro atoms. The number of rotatable bonds is 3. The molecule has 4 nitrogen and oxygen atoms in total. The molecule has 1 fully saturated rings. The Morgan fingerprint density at radius 1 is 1.62 bits per heavy atom. The Labute approximate surface area is 78.3 Å². The first-order valence-electron chi connectivity index (χ1n) is 4.65. The Hall–Kier alpha value is -0.610. The normalized spacial score (nSPS) is 34.0. The van der Waals surface area contributed by atoms with E-state index in [1.807, 2.05) is 6.92 Å². The second kappa shape index (κ2) is 4.07. The fraction of sp³-hybridized carbons (Fsp3) is 0.889. The van der Waals surface area contributed by atoms with E-state index in [4.69, 9.17) is 9.84 Å². The van der Waals surface area contributed by atoms with Crippen molar-refractivity contribution < 1.29 is 14.6 Å². The second-order valence-electron chi connectivity index (χ2n) is 3.94. The van der Waals surface area contributed by atoms with Crippen molar-refractivity contribution in [3.63, 3.8) is 0 Å². The smallest absolute Gasteiger partial charge is 0.334 e. The fourth-order valence-corrected chi connectivity index (χ4v) is 1.67. The van der Waals surface area contributed by atoms with Gasteiger partial charge in [0.15, 0.2) is 6.10 Å². The summed E-state index contributed by atoms with van der Waals surface area (Å²) in [5.74, 6) is -0.393. The molecule has 1 rings (SSSR count). The highest BCUT2D eigenvalue weighted by molar-refractivity contribution is 5.73. The second-order valence-corrected chi connectivity index (χ2v) is 3.94. The summed E-state index contributed by atoms with van der Waals surface area (Å²) in [7, 11) is 0. The van der Waals surface area contributed by atoms with E-state index in [0.29, 0.717) is 5.92 Å². The van der Waals surface area contributed by atoms with Crippen molar-refractivity contribution in [3.05, 3.63) is 0 Å². The van der Waals surface area contributed by atoms with Crippen molar-refractivity contribution in [2.45, 2.75) is 45.6 Å². The SMILES string of the molecule is CC(C)CC1NC(C)OC1C(=O)O. The Balaban J connectivity index is 2.55. The molecule has 13 heavy (non-hydrogen) atoms. The van der Waals surface area contributed by atoms with Crippen LogP contribution >= 0.6 is 0 Å². The van der Waals surface area contributed by atoms with E-state index in [0.717, 1.165) is 6.42 Å². The maximum absolute atomic E-state index is 10.8. The van der Waals surface area contributed by atoms with E-state index in [1.54, 1.807) is 0 Å². The third-order valence-electron chi connectivity index (χ3n) is 2.13. The first-order chi connectivity index (χ1) is 6.00. The van der Waals surface area contributed by atoms with Gasteiger partial charge in [-0.2, -0.15) is 0 Å². The van der Waals surface area contributed by atoms with Crippen molar-refractivity contribution in [1.82, 2.24) is 5.32 Å². The van der Waals surface area contributed by atoms with Crippen molar-refractivity contribution in [3.8, 4) is 0 Å². The quantitative estimate of drug-likeness (QED) is 0.686. The summed E-state index contributed by atoms with van der Waals surface area (Å²) in [6.07, 6.45) is 0.00338. The molecular formula is C9H17NO3. The monoisotopic (exact) mass is 187 g/mol. The van der Waals surface area contributed by atoms with Crippen LogP contribution in [0.3, 0.4) is 0 Å². The molecule has 1 saturated heterocycles. The van der Waals surface area contributed by atoms with Gasteiger partial charge in [-0.15, -0.1) is 0 Å². The molecule has 0 amide bonds. The maximum Gasteiger partial charge on any atom is 0.334 e. The first-order valence-corrected chi connectivity index (χ1v) is 4.65. The van der Waals surface area contributed by atoms with Crippen LogP contribution < -0.4 is 5.32 Å². The van der Waals surface area contributed by atoms with Gasteiger partial charge in [0.05, 0.1) is 0 Å². The van der Waals surface area contributed by atoms with Crippen LogP contribution in [0.1, 0.15) is 27.2 Å². The van der Waals surface area contributed by atoms with Crippen molar-refractivity contribution in [2.75, 3.05) is 0 Å². The molecule has 0 aromatic rings. The predicted octanol–water partition coefficient (Wildman–Crippen LogP) is 0.820. The van der Waals surface area contributed by atoms with Gasteiger partial charge in [0.1, 0.15) is 6.23 Å². The molecule has 0 aliphatic carbocycles. The molecule has 2 N–H and O–H groups in total. The number of aliphatic carboxylic acids is 1. The summed E-state index contributed by atoms with van der Waals surface area (Å²) in [5.41, 5.74) is 0. The van der Waals surface area contributed by atoms with Gasteiger partial charge in [0.25, 0.3) is 0 Å². The molecule has 1 aliphatic heterocycles. The molecule has 0 saturated carbocycles. The van der Waals surface area contributed by atoms with Crippen LogP contribution in [-0.2, 0) is 9.53 Å². The molecular weight excluding hydrogens is 170 g/mol. The van der Waals surface area contributed by atoms with Crippen LogP contribution in [0, 0.1) is 5.92 Å². The minimum atomic E-state index is -0.873. The summed E-state index contributed by atoms with van der Waals surface area (Å²) in [6, 6.07) is -0.0486. The van der Waals surface area contributed by atoms with Gasteiger partial charge in [-0.05, 0) is 19.3 Å². The Morgan fingerprint density at radius 2 is 2.23 bits per heavy atom. The highest BCUT2D eigenvalue weighted by atomic mass is 16.5. The molecule has 1 heterocycles.